The Hall–Kier alpha value is -2.52. The van der Waals surface area contributed by atoms with E-state index in [0.29, 0.717) is 35.5 Å². The Morgan fingerprint density at radius 3 is 2.48 bits per heavy atom. The van der Waals surface area contributed by atoms with Crippen LogP contribution in [-0.2, 0) is 19.1 Å². The predicted octanol–water partition coefficient (Wildman–Crippen LogP) is 4.56. The molecule has 0 unspecified atom stereocenters. The van der Waals surface area contributed by atoms with Crippen molar-refractivity contribution >= 4 is 0 Å². The second-order valence-corrected chi connectivity index (χ2v) is 5.52. The topological polar surface area (TPSA) is 45.0 Å². The molecule has 0 atom stereocenters. The molecule has 6 heteroatoms. The highest BCUT2D eigenvalue weighted by molar-refractivity contribution is 5.74. The summed E-state index contributed by atoms with van der Waals surface area (Å²) in [5.74, 6) is 0.555. The summed E-state index contributed by atoms with van der Waals surface area (Å²) in [6, 6.07) is 11.1. The largest absolute Gasteiger partial charge is 0.496 e. The zero-order valence-corrected chi connectivity index (χ0v) is 14.1. The van der Waals surface area contributed by atoms with Crippen LogP contribution in [0.2, 0.25) is 0 Å². The third kappa shape index (κ3) is 4.52. The zero-order valence-electron chi connectivity index (χ0n) is 14.1. The van der Waals surface area contributed by atoms with Crippen molar-refractivity contribution in [3.63, 3.8) is 0 Å². The summed E-state index contributed by atoms with van der Waals surface area (Å²) in [5, 5.41) is 12.0. The number of nitrogens with one attached hydrogen (secondary N) is 1. The van der Waals surface area contributed by atoms with Crippen LogP contribution in [0.1, 0.15) is 23.6 Å². The van der Waals surface area contributed by atoms with E-state index in [9.17, 15) is 13.2 Å². The SMILES string of the molecule is CCNCc1cc(C(F)(F)F)ccc1-c1cc(CC#N)ccc1OC. The molecule has 2 aromatic carbocycles. The fourth-order valence-corrected chi connectivity index (χ4v) is 2.61. The molecule has 0 heterocycles. The number of hydrogen-bond donors (Lipinski definition) is 1. The van der Waals surface area contributed by atoms with Crippen LogP contribution in [-0.4, -0.2) is 13.7 Å². The molecule has 0 bridgehead atoms. The van der Waals surface area contributed by atoms with E-state index < -0.39 is 11.7 Å². The van der Waals surface area contributed by atoms with Crippen LogP contribution in [0.25, 0.3) is 11.1 Å². The summed E-state index contributed by atoms with van der Waals surface area (Å²) in [6.07, 6.45) is -4.17. The van der Waals surface area contributed by atoms with Crippen molar-refractivity contribution in [1.82, 2.24) is 5.32 Å². The summed E-state index contributed by atoms with van der Waals surface area (Å²) >= 11 is 0. The molecule has 0 radical (unpaired) electrons. The quantitative estimate of drug-likeness (QED) is 0.832. The lowest BCUT2D eigenvalue weighted by Crippen LogP contribution is -2.14. The summed E-state index contributed by atoms with van der Waals surface area (Å²) in [4.78, 5) is 0. The van der Waals surface area contributed by atoms with E-state index in [-0.39, 0.29) is 6.42 Å². The van der Waals surface area contributed by atoms with Crippen LogP contribution in [0, 0.1) is 11.3 Å². The number of nitrogens with zero attached hydrogens (tertiary/aromatic N) is 1. The van der Waals surface area contributed by atoms with Gasteiger partial charge in [0.05, 0.1) is 25.2 Å². The monoisotopic (exact) mass is 348 g/mol. The minimum atomic E-state index is -4.40. The average molecular weight is 348 g/mol. The van der Waals surface area contributed by atoms with Crippen molar-refractivity contribution in [2.75, 3.05) is 13.7 Å². The van der Waals surface area contributed by atoms with Gasteiger partial charge in [-0.3, -0.25) is 0 Å². The normalized spacial score (nSPS) is 11.2. The molecular formula is C19H19F3N2O. The van der Waals surface area contributed by atoms with E-state index in [4.69, 9.17) is 10.00 Å². The summed E-state index contributed by atoms with van der Waals surface area (Å²) < 4.78 is 44.5. The first kappa shape index (κ1) is 18.8. The molecule has 2 rings (SSSR count). The third-order valence-corrected chi connectivity index (χ3v) is 3.84. The average Bonchev–Trinajstić information content (AvgIpc) is 2.59. The maximum atomic E-state index is 13.1. The van der Waals surface area contributed by atoms with Crippen molar-refractivity contribution in [3.05, 3.63) is 53.1 Å². The first-order chi connectivity index (χ1) is 11.9. The van der Waals surface area contributed by atoms with Crippen molar-refractivity contribution in [2.45, 2.75) is 26.1 Å². The number of nitriles is 1. The first-order valence-electron chi connectivity index (χ1n) is 7.85. The van der Waals surface area contributed by atoms with Gasteiger partial charge in [0.2, 0.25) is 0 Å². The molecule has 0 spiro atoms. The van der Waals surface area contributed by atoms with Crippen LogP contribution in [0.15, 0.2) is 36.4 Å². The van der Waals surface area contributed by atoms with Gasteiger partial charge in [-0.1, -0.05) is 19.1 Å². The van der Waals surface area contributed by atoms with Crippen LogP contribution in [0.3, 0.4) is 0 Å². The highest BCUT2D eigenvalue weighted by Crippen LogP contribution is 2.37. The van der Waals surface area contributed by atoms with E-state index in [1.165, 1.54) is 13.2 Å². The molecule has 132 valence electrons. The number of hydrogen-bond acceptors (Lipinski definition) is 3. The lowest BCUT2D eigenvalue weighted by Gasteiger charge is -2.17. The zero-order chi connectivity index (χ0) is 18.4. The third-order valence-electron chi connectivity index (χ3n) is 3.84. The molecule has 3 nitrogen and oxygen atoms in total. The smallest absolute Gasteiger partial charge is 0.416 e. The number of methoxy groups -OCH3 is 1. The van der Waals surface area contributed by atoms with Gasteiger partial charge in [-0.05, 0) is 47.5 Å². The van der Waals surface area contributed by atoms with Gasteiger partial charge in [0, 0.05) is 12.1 Å². The Bertz CT molecular complexity index is 779. The number of ether oxygens (including phenoxy) is 1. The highest BCUT2D eigenvalue weighted by Gasteiger charge is 2.31. The Labute approximate surface area is 145 Å². The van der Waals surface area contributed by atoms with Gasteiger partial charge in [-0.25, -0.2) is 0 Å². The molecule has 0 fully saturated rings. The fraction of sp³-hybridized carbons (Fsp3) is 0.316. The fourth-order valence-electron chi connectivity index (χ4n) is 2.61. The van der Waals surface area contributed by atoms with Crippen LogP contribution in [0.5, 0.6) is 5.75 Å². The minimum absolute atomic E-state index is 0.222. The van der Waals surface area contributed by atoms with E-state index in [0.717, 1.165) is 17.7 Å². The standard InChI is InChI=1S/C19H19F3N2O/c1-3-24-12-14-11-15(19(20,21)22)5-6-16(14)17-10-13(8-9-23)4-7-18(17)25-2/h4-7,10-11,24H,3,8,12H2,1-2H3. The molecule has 25 heavy (non-hydrogen) atoms. The molecule has 0 aliphatic carbocycles. The minimum Gasteiger partial charge on any atom is -0.496 e. The molecule has 1 N–H and O–H groups in total. The number of alkyl halides is 3. The molecule has 0 amide bonds. The van der Waals surface area contributed by atoms with Crippen LogP contribution < -0.4 is 10.1 Å². The summed E-state index contributed by atoms with van der Waals surface area (Å²) in [7, 11) is 1.51. The molecule has 0 saturated heterocycles. The Balaban J connectivity index is 2.60. The maximum Gasteiger partial charge on any atom is 0.416 e. The predicted molar refractivity (Wildman–Crippen MR) is 90.1 cm³/mol. The lowest BCUT2D eigenvalue weighted by molar-refractivity contribution is -0.137. The molecule has 0 aliphatic rings. The van der Waals surface area contributed by atoms with Gasteiger partial charge in [0.1, 0.15) is 5.75 Å². The van der Waals surface area contributed by atoms with Gasteiger partial charge in [-0.15, -0.1) is 0 Å². The summed E-state index contributed by atoms with van der Waals surface area (Å²) in [5.41, 5.74) is 1.97. The van der Waals surface area contributed by atoms with E-state index >= 15 is 0 Å². The number of halogens is 3. The van der Waals surface area contributed by atoms with Crippen molar-refractivity contribution in [1.29, 1.82) is 5.26 Å². The van der Waals surface area contributed by atoms with Gasteiger partial charge in [-0.2, -0.15) is 18.4 Å². The Morgan fingerprint density at radius 2 is 1.88 bits per heavy atom. The molecule has 0 aromatic heterocycles. The molecular weight excluding hydrogens is 329 g/mol. The Kier molecular flexibility index (Phi) is 6.05. The van der Waals surface area contributed by atoms with Crippen LogP contribution >= 0.6 is 0 Å². The number of rotatable bonds is 6. The van der Waals surface area contributed by atoms with Gasteiger partial charge in [0.15, 0.2) is 0 Å². The first-order valence-corrected chi connectivity index (χ1v) is 7.85. The van der Waals surface area contributed by atoms with E-state index in [2.05, 4.69) is 11.4 Å². The second kappa shape index (κ2) is 8.04. The molecule has 0 saturated carbocycles. The van der Waals surface area contributed by atoms with Gasteiger partial charge >= 0.3 is 6.18 Å². The van der Waals surface area contributed by atoms with Crippen molar-refractivity contribution in [2.24, 2.45) is 0 Å². The maximum absolute atomic E-state index is 13.1. The molecule has 2 aromatic rings. The lowest BCUT2D eigenvalue weighted by atomic mass is 9.94. The van der Waals surface area contributed by atoms with E-state index in [1.54, 1.807) is 18.2 Å². The van der Waals surface area contributed by atoms with E-state index in [1.807, 2.05) is 6.92 Å². The van der Waals surface area contributed by atoms with Crippen LogP contribution in [0.4, 0.5) is 13.2 Å². The van der Waals surface area contributed by atoms with Gasteiger partial charge < -0.3 is 10.1 Å². The highest BCUT2D eigenvalue weighted by atomic mass is 19.4. The van der Waals surface area contributed by atoms with Crippen molar-refractivity contribution < 1.29 is 17.9 Å². The summed E-state index contributed by atoms with van der Waals surface area (Å²) in [6.45, 7) is 2.84. The van der Waals surface area contributed by atoms with Crippen molar-refractivity contribution in [3.8, 4) is 22.9 Å². The number of benzene rings is 2. The Morgan fingerprint density at radius 1 is 1.12 bits per heavy atom. The van der Waals surface area contributed by atoms with Gasteiger partial charge in [0.25, 0.3) is 0 Å². The second-order valence-electron chi connectivity index (χ2n) is 5.52. The molecule has 0 aliphatic heterocycles.